The zero-order valence-corrected chi connectivity index (χ0v) is 15.0. The Bertz CT molecular complexity index is 723. The average molecular weight is 341 g/mol. The Morgan fingerprint density at radius 3 is 2.83 bits per heavy atom. The lowest BCUT2D eigenvalue weighted by Gasteiger charge is -2.13. The molecular formula is C20H23NO2S. The molecule has 1 aliphatic heterocycles. The summed E-state index contributed by atoms with van der Waals surface area (Å²) in [6.07, 6.45) is 2.56. The van der Waals surface area contributed by atoms with Crippen molar-refractivity contribution >= 4 is 23.4 Å². The van der Waals surface area contributed by atoms with Crippen molar-refractivity contribution in [3.05, 3.63) is 59.2 Å². The minimum Gasteiger partial charge on any atom is -0.377 e. The van der Waals surface area contributed by atoms with Crippen LogP contribution >= 0.6 is 11.8 Å². The lowest BCUT2D eigenvalue weighted by atomic mass is 10.1. The number of amides is 1. The summed E-state index contributed by atoms with van der Waals surface area (Å²) in [5, 5.41) is 3.04. The van der Waals surface area contributed by atoms with Crippen LogP contribution in [-0.2, 0) is 4.74 Å². The SMILES string of the molecule is Cc1ccc(NC(=O)c2ccccc2SCC2CCCO2)c(C)c1. The van der Waals surface area contributed by atoms with E-state index in [9.17, 15) is 4.79 Å². The van der Waals surface area contributed by atoms with Crippen molar-refractivity contribution in [3.8, 4) is 0 Å². The van der Waals surface area contributed by atoms with E-state index in [-0.39, 0.29) is 5.91 Å². The molecule has 1 aliphatic rings. The molecule has 2 aromatic rings. The minimum absolute atomic E-state index is 0.0580. The third-order valence-corrected chi connectivity index (χ3v) is 5.42. The van der Waals surface area contributed by atoms with Gasteiger partial charge >= 0.3 is 0 Å². The third-order valence-electron chi connectivity index (χ3n) is 4.21. The Kier molecular flexibility index (Phi) is 5.59. The van der Waals surface area contributed by atoms with Gasteiger partial charge < -0.3 is 10.1 Å². The number of anilines is 1. The summed E-state index contributed by atoms with van der Waals surface area (Å²) < 4.78 is 5.68. The number of thioether (sulfide) groups is 1. The molecule has 0 aliphatic carbocycles. The summed E-state index contributed by atoms with van der Waals surface area (Å²) in [5.41, 5.74) is 3.86. The van der Waals surface area contributed by atoms with Crippen molar-refractivity contribution in [2.45, 2.75) is 37.7 Å². The molecule has 0 aromatic heterocycles. The predicted octanol–water partition coefficient (Wildman–Crippen LogP) is 4.83. The second-order valence-corrected chi connectivity index (χ2v) is 7.28. The van der Waals surface area contributed by atoms with Crippen molar-refractivity contribution < 1.29 is 9.53 Å². The molecule has 1 atom stereocenters. The molecule has 4 heteroatoms. The molecule has 1 fully saturated rings. The Morgan fingerprint density at radius 2 is 2.08 bits per heavy atom. The van der Waals surface area contributed by atoms with Gasteiger partial charge in [0.2, 0.25) is 0 Å². The molecule has 1 saturated heterocycles. The van der Waals surface area contributed by atoms with E-state index >= 15 is 0 Å². The first-order valence-electron chi connectivity index (χ1n) is 8.35. The van der Waals surface area contributed by atoms with Gasteiger partial charge in [0.25, 0.3) is 5.91 Å². The van der Waals surface area contributed by atoms with Gasteiger partial charge in [0.1, 0.15) is 0 Å². The zero-order valence-electron chi connectivity index (χ0n) is 14.2. The van der Waals surface area contributed by atoms with Crippen molar-refractivity contribution in [2.24, 2.45) is 0 Å². The van der Waals surface area contributed by atoms with Gasteiger partial charge in [-0.3, -0.25) is 4.79 Å². The number of carbonyl (C=O) groups is 1. The van der Waals surface area contributed by atoms with Gasteiger partial charge in [-0.25, -0.2) is 0 Å². The Labute approximate surface area is 147 Å². The van der Waals surface area contributed by atoms with Crippen LogP contribution in [-0.4, -0.2) is 24.4 Å². The molecule has 126 valence electrons. The standard InChI is InChI=1S/C20H23NO2S/c1-14-9-10-18(15(2)12-14)21-20(22)17-7-3-4-8-19(17)24-13-16-6-5-11-23-16/h3-4,7-10,12,16H,5-6,11,13H2,1-2H3,(H,21,22). The van der Waals surface area contributed by atoms with Crippen LogP contribution in [0, 0.1) is 13.8 Å². The first-order chi connectivity index (χ1) is 11.6. The van der Waals surface area contributed by atoms with E-state index in [1.165, 1.54) is 5.56 Å². The smallest absolute Gasteiger partial charge is 0.256 e. The van der Waals surface area contributed by atoms with Gasteiger partial charge in [-0.15, -0.1) is 11.8 Å². The number of carbonyl (C=O) groups excluding carboxylic acids is 1. The highest BCUT2D eigenvalue weighted by atomic mass is 32.2. The molecule has 0 saturated carbocycles. The van der Waals surface area contributed by atoms with E-state index in [1.54, 1.807) is 11.8 Å². The Morgan fingerprint density at radius 1 is 1.25 bits per heavy atom. The second kappa shape index (κ2) is 7.86. The summed E-state index contributed by atoms with van der Waals surface area (Å²) in [4.78, 5) is 13.7. The summed E-state index contributed by atoms with van der Waals surface area (Å²) in [6.45, 7) is 4.93. The van der Waals surface area contributed by atoms with Crippen LogP contribution in [0.25, 0.3) is 0 Å². The predicted molar refractivity (Wildman–Crippen MR) is 100 cm³/mol. The van der Waals surface area contributed by atoms with Gasteiger partial charge in [-0.05, 0) is 50.5 Å². The number of rotatable bonds is 5. The lowest BCUT2D eigenvalue weighted by Crippen LogP contribution is -2.14. The van der Waals surface area contributed by atoms with Crippen LogP contribution in [0.3, 0.4) is 0 Å². The van der Waals surface area contributed by atoms with E-state index in [0.29, 0.717) is 6.10 Å². The van der Waals surface area contributed by atoms with E-state index in [0.717, 1.165) is 46.9 Å². The highest BCUT2D eigenvalue weighted by molar-refractivity contribution is 7.99. The molecule has 3 rings (SSSR count). The third kappa shape index (κ3) is 4.19. The lowest BCUT2D eigenvalue weighted by molar-refractivity contribution is 0.102. The Hall–Kier alpha value is -1.78. The Balaban J connectivity index is 1.72. The fourth-order valence-corrected chi connectivity index (χ4v) is 4.00. The number of hydrogen-bond acceptors (Lipinski definition) is 3. The monoisotopic (exact) mass is 341 g/mol. The van der Waals surface area contributed by atoms with Crippen LogP contribution in [0.2, 0.25) is 0 Å². The summed E-state index contributed by atoms with van der Waals surface area (Å²) in [5.74, 6) is 0.839. The van der Waals surface area contributed by atoms with Crippen molar-refractivity contribution in [1.82, 2.24) is 0 Å². The number of aryl methyl sites for hydroxylation is 2. The topological polar surface area (TPSA) is 38.3 Å². The molecule has 1 heterocycles. The van der Waals surface area contributed by atoms with Crippen molar-refractivity contribution in [2.75, 3.05) is 17.7 Å². The fourth-order valence-electron chi connectivity index (χ4n) is 2.88. The average Bonchev–Trinajstić information content (AvgIpc) is 3.09. The summed E-state index contributed by atoms with van der Waals surface area (Å²) in [7, 11) is 0. The molecule has 0 radical (unpaired) electrons. The van der Waals surface area contributed by atoms with Crippen LogP contribution in [0.4, 0.5) is 5.69 Å². The molecule has 1 N–H and O–H groups in total. The number of benzene rings is 2. The maximum absolute atomic E-state index is 12.7. The zero-order chi connectivity index (χ0) is 16.9. The first-order valence-corrected chi connectivity index (χ1v) is 9.34. The van der Waals surface area contributed by atoms with Crippen molar-refractivity contribution in [3.63, 3.8) is 0 Å². The minimum atomic E-state index is -0.0580. The second-order valence-electron chi connectivity index (χ2n) is 6.21. The van der Waals surface area contributed by atoms with E-state index in [4.69, 9.17) is 4.74 Å². The van der Waals surface area contributed by atoms with Crippen LogP contribution in [0.15, 0.2) is 47.4 Å². The molecular weight excluding hydrogens is 318 g/mol. The molecule has 0 bridgehead atoms. The normalized spacial score (nSPS) is 17.0. The van der Waals surface area contributed by atoms with Crippen LogP contribution in [0.5, 0.6) is 0 Å². The highest BCUT2D eigenvalue weighted by Crippen LogP contribution is 2.27. The largest absolute Gasteiger partial charge is 0.377 e. The van der Waals surface area contributed by atoms with Crippen molar-refractivity contribution in [1.29, 1.82) is 0 Å². The quantitative estimate of drug-likeness (QED) is 0.792. The maximum atomic E-state index is 12.7. The molecule has 2 aromatic carbocycles. The molecule has 1 unspecified atom stereocenters. The number of ether oxygens (including phenoxy) is 1. The number of hydrogen-bond donors (Lipinski definition) is 1. The molecule has 24 heavy (non-hydrogen) atoms. The van der Waals surface area contributed by atoms with E-state index < -0.39 is 0 Å². The van der Waals surface area contributed by atoms with E-state index in [2.05, 4.69) is 18.3 Å². The van der Waals surface area contributed by atoms with Gasteiger partial charge in [-0.1, -0.05) is 29.8 Å². The van der Waals surface area contributed by atoms with E-state index in [1.807, 2.05) is 43.3 Å². The molecule has 3 nitrogen and oxygen atoms in total. The fraction of sp³-hybridized carbons (Fsp3) is 0.350. The number of nitrogens with one attached hydrogen (secondary N) is 1. The van der Waals surface area contributed by atoms with Crippen LogP contribution in [0.1, 0.15) is 34.3 Å². The maximum Gasteiger partial charge on any atom is 0.256 e. The van der Waals surface area contributed by atoms with Gasteiger partial charge in [0, 0.05) is 22.9 Å². The van der Waals surface area contributed by atoms with Gasteiger partial charge in [0.15, 0.2) is 0 Å². The molecule has 0 spiro atoms. The first kappa shape index (κ1) is 17.1. The summed E-state index contributed by atoms with van der Waals surface area (Å²) in [6, 6.07) is 13.8. The van der Waals surface area contributed by atoms with Crippen LogP contribution < -0.4 is 5.32 Å². The molecule has 1 amide bonds. The van der Waals surface area contributed by atoms with Gasteiger partial charge in [0.05, 0.1) is 11.7 Å². The summed E-state index contributed by atoms with van der Waals surface area (Å²) >= 11 is 1.70. The van der Waals surface area contributed by atoms with Gasteiger partial charge in [-0.2, -0.15) is 0 Å². The highest BCUT2D eigenvalue weighted by Gasteiger charge is 2.18.